The van der Waals surface area contributed by atoms with E-state index in [4.69, 9.17) is 0 Å². The molecule has 1 N–H and O–H groups in total. The van der Waals surface area contributed by atoms with Crippen LogP contribution in [0.4, 0.5) is 5.69 Å². The Balaban J connectivity index is 1.45. The molecule has 2 saturated heterocycles. The molecule has 3 heterocycles. The number of benzene rings is 1. The Labute approximate surface area is 147 Å². The highest BCUT2D eigenvalue weighted by Crippen LogP contribution is 2.31. The van der Waals surface area contributed by atoms with Gasteiger partial charge < -0.3 is 9.69 Å². The summed E-state index contributed by atoms with van der Waals surface area (Å²) in [7, 11) is 0. The number of rotatable bonds is 3. The molecule has 0 spiro atoms. The van der Waals surface area contributed by atoms with Crippen molar-refractivity contribution < 1.29 is 14.4 Å². The lowest BCUT2D eigenvalue weighted by atomic mass is 9.98. The molecule has 6 heteroatoms. The lowest BCUT2D eigenvalue weighted by molar-refractivity contribution is -0.137. The van der Waals surface area contributed by atoms with Gasteiger partial charge in [0, 0.05) is 44.2 Å². The third-order valence-electron chi connectivity index (χ3n) is 5.68. The van der Waals surface area contributed by atoms with E-state index >= 15 is 0 Å². The maximum absolute atomic E-state index is 12.1. The molecule has 0 radical (unpaired) electrons. The van der Waals surface area contributed by atoms with Crippen LogP contribution in [-0.4, -0.2) is 42.1 Å². The van der Waals surface area contributed by atoms with Crippen LogP contribution in [0.5, 0.6) is 0 Å². The predicted molar refractivity (Wildman–Crippen MR) is 92.9 cm³/mol. The number of carbonyl (C=O) groups is 3. The Morgan fingerprint density at radius 2 is 1.80 bits per heavy atom. The third-order valence-corrected chi connectivity index (χ3v) is 5.68. The van der Waals surface area contributed by atoms with Gasteiger partial charge in [-0.3, -0.25) is 19.8 Å². The molecule has 3 aliphatic rings. The van der Waals surface area contributed by atoms with Gasteiger partial charge in [-0.05, 0) is 42.5 Å². The second kappa shape index (κ2) is 6.59. The van der Waals surface area contributed by atoms with Crippen molar-refractivity contribution in [2.24, 2.45) is 5.92 Å². The van der Waals surface area contributed by atoms with Gasteiger partial charge in [0.25, 0.3) is 0 Å². The minimum atomic E-state index is -0.211. The van der Waals surface area contributed by atoms with Crippen molar-refractivity contribution in [1.82, 2.24) is 10.2 Å². The van der Waals surface area contributed by atoms with Crippen LogP contribution >= 0.6 is 0 Å². The van der Waals surface area contributed by atoms with Crippen molar-refractivity contribution in [3.05, 3.63) is 29.3 Å². The fourth-order valence-electron chi connectivity index (χ4n) is 4.15. The predicted octanol–water partition coefficient (Wildman–Crippen LogP) is 1.22. The molecular weight excluding hydrogens is 318 g/mol. The highest BCUT2D eigenvalue weighted by Gasteiger charge is 2.34. The molecule has 1 unspecified atom stereocenters. The Morgan fingerprint density at radius 1 is 1.04 bits per heavy atom. The largest absolute Gasteiger partial charge is 0.371 e. The van der Waals surface area contributed by atoms with Crippen LogP contribution in [0, 0.1) is 5.92 Å². The highest BCUT2D eigenvalue weighted by atomic mass is 16.2. The van der Waals surface area contributed by atoms with E-state index in [9.17, 15) is 14.4 Å². The van der Waals surface area contributed by atoms with Crippen LogP contribution in [0.15, 0.2) is 18.2 Å². The number of anilines is 1. The smallest absolute Gasteiger partial charge is 0.243 e. The van der Waals surface area contributed by atoms with Crippen LogP contribution in [-0.2, 0) is 27.5 Å². The number of amides is 2. The van der Waals surface area contributed by atoms with Gasteiger partial charge in [0.1, 0.15) is 6.29 Å². The molecule has 1 aromatic carbocycles. The zero-order valence-corrected chi connectivity index (χ0v) is 14.2. The first-order chi connectivity index (χ1) is 12.1. The monoisotopic (exact) mass is 341 g/mol. The SMILES string of the molecule is O=CC1CCN(c2ccc3c(c2)CN(C2CCC(=O)NC2=O)C3)CC1. The van der Waals surface area contributed by atoms with Gasteiger partial charge in [-0.2, -0.15) is 0 Å². The first kappa shape index (κ1) is 16.3. The maximum Gasteiger partial charge on any atom is 0.243 e. The van der Waals surface area contributed by atoms with E-state index in [1.54, 1.807) is 0 Å². The molecule has 25 heavy (non-hydrogen) atoms. The number of piperidine rings is 2. The number of carbonyl (C=O) groups excluding carboxylic acids is 3. The standard InChI is InChI=1S/C19H23N3O3/c23-12-13-5-7-21(8-6-13)16-2-1-14-10-22(11-15(14)9-16)17-3-4-18(24)20-19(17)25/h1-2,9,12-13,17H,3-8,10-11H2,(H,20,24,25). The lowest BCUT2D eigenvalue weighted by Gasteiger charge is -2.31. The van der Waals surface area contributed by atoms with E-state index in [2.05, 4.69) is 33.3 Å². The van der Waals surface area contributed by atoms with E-state index in [0.29, 0.717) is 12.8 Å². The Morgan fingerprint density at radius 3 is 2.52 bits per heavy atom. The zero-order valence-electron chi connectivity index (χ0n) is 14.2. The number of hydrogen-bond donors (Lipinski definition) is 1. The summed E-state index contributed by atoms with van der Waals surface area (Å²) in [4.78, 5) is 38.9. The first-order valence-corrected chi connectivity index (χ1v) is 9.04. The highest BCUT2D eigenvalue weighted by molar-refractivity contribution is 6.00. The Hall–Kier alpha value is -2.21. The van der Waals surface area contributed by atoms with E-state index in [1.165, 1.54) is 16.8 Å². The molecule has 6 nitrogen and oxygen atoms in total. The number of nitrogens with zero attached hydrogens (tertiary/aromatic N) is 2. The molecular formula is C19H23N3O3. The molecule has 0 saturated carbocycles. The molecule has 1 aromatic rings. The average molecular weight is 341 g/mol. The average Bonchev–Trinajstić information content (AvgIpc) is 3.04. The van der Waals surface area contributed by atoms with E-state index in [0.717, 1.165) is 45.3 Å². The van der Waals surface area contributed by atoms with Gasteiger partial charge >= 0.3 is 0 Å². The quantitative estimate of drug-likeness (QED) is 0.661. The minimum absolute atomic E-state index is 0.166. The number of fused-ring (bicyclic) bond motifs is 1. The second-order valence-electron chi connectivity index (χ2n) is 7.29. The summed E-state index contributed by atoms with van der Waals surface area (Å²) in [6.07, 6.45) is 3.94. The van der Waals surface area contributed by atoms with Crippen LogP contribution in [0.1, 0.15) is 36.8 Å². The van der Waals surface area contributed by atoms with E-state index in [-0.39, 0.29) is 23.8 Å². The van der Waals surface area contributed by atoms with Gasteiger partial charge in [-0.15, -0.1) is 0 Å². The molecule has 3 aliphatic heterocycles. The van der Waals surface area contributed by atoms with Gasteiger partial charge in [0.05, 0.1) is 6.04 Å². The number of hydrogen-bond acceptors (Lipinski definition) is 5. The fraction of sp³-hybridized carbons (Fsp3) is 0.526. The molecule has 0 aliphatic carbocycles. The second-order valence-corrected chi connectivity index (χ2v) is 7.29. The van der Waals surface area contributed by atoms with E-state index in [1.807, 2.05) is 0 Å². The summed E-state index contributed by atoms with van der Waals surface area (Å²) in [5, 5.41) is 2.45. The first-order valence-electron chi connectivity index (χ1n) is 9.04. The van der Waals surface area contributed by atoms with Crippen molar-refractivity contribution in [1.29, 1.82) is 0 Å². The van der Waals surface area contributed by atoms with Crippen molar-refractivity contribution in [2.75, 3.05) is 18.0 Å². The van der Waals surface area contributed by atoms with Crippen LogP contribution in [0.3, 0.4) is 0 Å². The van der Waals surface area contributed by atoms with Gasteiger partial charge in [-0.1, -0.05) is 6.07 Å². The van der Waals surface area contributed by atoms with E-state index < -0.39 is 0 Å². The summed E-state index contributed by atoms with van der Waals surface area (Å²) in [6.45, 7) is 3.34. The number of nitrogens with one attached hydrogen (secondary N) is 1. The van der Waals surface area contributed by atoms with Crippen LogP contribution in [0.25, 0.3) is 0 Å². The summed E-state index contributed by atoms with van der Waals surface area (Å²) >= 11 is 0. The van der Waals surface area contributed by atoms with Gasteiger partial charge in [-0.25, -0.2) is 0 Å². The summed E-state index contributed by atoms with van der Waals surface area (Å²) in [5.41, 5.74) is 3.73. The molecule has 0 aromatic heterocycles. The Kier molecular flexibility index (Phi) is 4.29. The number of imide groups is 1. The molecule has 132 valence electrons. The molecule has 2 fully saturated rings. The normalized spacial score (nSPS) is 25.0. The molecule has 2 amide bonds. The molecule has 1 atom stereocenters. The van der Waals surface area contributed by atoms with Crippen LogP contribution in [0.2, 0.25) is 0 Å². The summed E-state index contributed by atoms with van der Waals surface area (Å²) < 4.78 is 0. The maximum atomic E-state index is 12.1. The lowest BCUT2D eigenvalue weighted by Crippen LogP contribution is -2.50. The van der Waals surface area contributed by atoms with Crippen molar-refractivity contribution in [2.45, 2.75) is 44.8 Å². The zero-order chi connectivity index (χ0) is 17.4. The van der Waals surface area contributed by atoms with Crippen LogP contribution < -0.4 is 10.2 Å². The summed E-state index contributed by atoms with van der Waals surface area (Å²) in [6, 6.07) is 6.32. The van der Waals surface area contributed by atoms with Crippen molar-refractivity contribution in [3.8, 4) is 0 Å². The third kappa shape index (κ3) is 3.18. The summed E-state index contributed by atoms with van der Waals surface area (Å²) in [5.74, 6) is -0.132. The Bertz CT molecular complexity index is 710. The number of aldehydes is 1. The minimum Gasteiger partial charge on any atom is -0.371 e. The fourth-order valence-corrected chi connectivity index (χ4v) is 4.15. The van der Waals surface area contributed by atoms with Gasteiger partial charge in [0.2, 0.25) is 11.8 Å². The van der Waals surface area contributed by atoms with Crippen molar-refractivity contribution in [3.63, 3.8) is 0 Å². The molecule has 0 bridgehead atoms. The molecule has 4 rings (SSSR count). The van der Waals surface area contributed by atoms with Crippen molar-refractivity contribution >= 4 is 23.8 Å². The topological polar surface area (TPSA) is 69.7 Å². The van der Waals surface area contributed by atoms with Gasteiger partial charge in [0.15, 0.2) is 0 Å².